The number of fused-ring (bicyclic) bond motifs is 3. The van der Waals surface area contributed by atoms with Crippen LogP contribution in [0, 0.1) is 0 Å². The maximum Gasteiger partial charge on any atom is 0.226 e. The third-order valence-corrected chi connectivity index (χ3v) is 5.96. The van der Waals surface area contributed by atoms with Crippen LogP contribution in [0.25, 0.3) is 11.0 Å². The number of aryl methyl sites for hydroxylation is 2. The second-order valence-electron chi connectivity index (χ2n) is 7.75. The highest BCUT2D eigenvalue weighted by molar-refractivity contribution is 9.10. The summed E-state index contributed by atoms with van der Waals surface area (Å²) >= 11 is 3.41. The van der Waals surface area contributed by atoms with Crippen molar-refractivity contribution in [2.45, 2.75) is 51.6 Å². The highest BCUT2D eigenvalue weighted by Crippen LogP contribution is 2.25. The summed E-state index contributed by atoms with van der Waals surface area (Å²) < 4.78 is 3.25. The van der Waals surface area contributed by atoms with Gasteiger partial charge in [0.1, 0.15) is 5.82 Å². The minimum Gasteiger partial charge on any atom is -0.349 e. The van der Waals surface area contributed by atoms with Gasteiger partial charge >= 0.3 is 0 Å². The van der Waals surface area contributed by atoms with Crippen LogP contribution in [0.2, 0.25) is 0 Å². The number of carbonyl (C=O) groups excluding carboxylic acids is 2. The summed E-state index contributed by atoms with van der Waals surface area (Å²) in [6.07, 6.45) is 4.75. The Labute approximate surface area is 184 Å². The summed E-state index contributed by atoms with van der Waals surface area (Å²) in [5.74, 6) is 0.806. The highest BCUT2D eigenvalue weighted by atomic mass is 79.9. The Morgan fingerprint density at radius 1 is 1.13 bits per heavy atom. The number of imidazole rings is 1. The maximum absolute atomic E-state index is 12.7. The van der Waals surface area contributed by atoms with E-state index >= 15 is 0 Å². The van der Waals surface area contributed by atoms with Crippen molar-refractivity contribution in [1.82, 2.24) is 14.9 Å². The van der Waals surface area contributed by atoms with Gasteiger partial charge in [0, 0.05) is 30.0 Å². The SMILES string of the molecule is CC(=O)NC(CC(=O)Nc1ccc2c(c1)nc1n2CCCCC1)c1ccc(Br)cc1. The molecule has 6 nitrogen and oxygen atoms in total. The number of hydrogen-bond donors (Lipinski definition) is 2. The van der Waals surface area contributed by atoms with Gasteiger partial charge in [0.15, 0.2) is 0 Å². The van der Waals surface area contributed by atoms with E-state index in [1.54, 1.807) is 0 Å². The lowest BCUT2D eigenvalue weighted by Gasteiger charge is -2.18. The Balaban J connectivity index is 1.49. The fourth-order valence-electron chi connectivity index (χ4n) is 4.02. The molecular weight excluding hydrogens is 444 g/mol. The molecule has 0 saturated carbocycles. The average molecular weight is 469 g/mol. The van der Waals surface area contributed by atoms with Crippen LogP contribution in [0.1, 0.15) is 50.0 Å². The predicted molar refractivity (Wildman–Crippen MR) is 121 cm³/mol. The molecule has 1 atom stereocenters. The Bertz CT molecular complexity index is 1070. The molecule has 3 aromatic rings. The zero-order valence-corrected chi connectivity index (χ0v) is 18.5. The van der Waals surface area contributed by atoms with Crippen molar-refractivity contribution in [3.05, 3.63) is 58.3 Å². The third-order valence-electron chi connectivity index (χ3n) is 5.43. The van der Waals surface area contributed by atoms with Gasteiger partial charge in [0.05, 0.1) is 23.5 Å². The van der Waals surface area contributed by atoms with E-state index in [0.717, 1.165) is 45.5 Å². The van der Waals surface area contributed by atoms with Crippen molar-refractivity contribution in [2.75, 3.05) is 5.32 Å². The Morgan fingerprint density at radius 2 is 1.93 bits per heavy atom. The smallest absolute Gasteiger partial charge is 0.226 e. The first-order chi connectivity index (χ1) is 14.5. The van der Waals surface area contributed by atoms with Crippen molar-refractivity contribution < 1.29 is 9.59 Å². The third kappa shape index (κ3) is 4.73. The van der Waals surface area contributed by atoms with E-state index in [0.29, 0.717) is 0 Å². The minimum absolute atomic E-state index is 0.152. The fraction of sp³-hybridized carbons (Fsp3) is 0.348. The Morgan fingerprint density at radius 3 is 2.70 bits per heavy atom. The number of anilines is 1. The Hall–Kier alpha value is -2.67. The second-order valence-corrected chi connectivity index (χ2v) is 8.67. The van der Waals surface area contributed by atoms with Gasteiger partial charge in [-0.1, -0.05) is 34.5 Å². The molecule has 2 aromatic carbocycles. The van der Waals surface area contributed by atoms with Gasteiger partial charge < -0.3 is 15.2 Å². The van der Waals surface area contributed by atoms with Gasteiger partial charge in [-0.05, 0) is 48.7 Å². The molecule has 156 valence electrons. The number of rotatable bonds is 5. The first kappa shape index (κ1) is 20.6. The quantitative estimate of drug-likeness (QED) is 0.567. The van der Waals surface area contributed by atoms with Crippen LogP contribution in [-0.4, -0.2) is 21.4 Å². The molecule has 2 heterocycles. The Kier molecular flexibility index (Phi) is 6.18. The first-order valence-corrected chi connectivity index (χ1v) is 11.1. The van der Waals surface area contributed by atoms with Gasteiger partial charge in [0.2, 0.25) is 11.8 Å². The van der Waals surface area contributed by atoms with Crippen LogP contribution in [0.3, 0.4) is 0 Å². The monoisotopic (exact) mass is 468 g/mol. The number of nitrogens with one attached hydrogen (secondary N) is 2. The lowest BCUT2D eigenvalue weighted by atomic mass is 10.0. The van der Waals surface area contributed by atoms with Gasteiger partial charge in [0.25, 0.3) is 0 Å². The van der Waals surface area contributed by atoms with E-state index in [9.17, 15) is 9.59 Å². The summed E-state index contributed by atoms with van der Waals surface area (Å²) in [5.41, 5.74) is 3.64. The minimum atomic E-state index is -0.386. The lowest BCUT2D eigenvalue weighted by molar-refractivity contribution is -0.120. The molecule has 4 rings (SSSR count). The van der Waals surface area contributed by atoms with Crippen LogP contribution < -0.4 is 10.6 Å². The van der Waals surface area contributed by atoms with Gasteiger partial charge in [-0.25, -0.2) is 4.98 Å². The van der Waals surface area contributed by atoms with Crippen LogP contribution in [0.4, 0.5) is 5.69 Å². The molecule has 2 amide bonds. The van der Waals surface area contributed by atoms with Crippen LogP contribution >= 0.6 is 15.9 Å². The van der Waals surface area contributed by atoms with Crippen molar-refractivity contribution >= 4 is 44.5 Å². The van der Waals surface area contributed by atoms with Crippen LogP contribution in [-0.2, 0) is 22.6 Å². The largest absolute Gasteiger partial charge is 0.349 e. The van der Waals surface area contributed by atoms with Crippen LogP contribution in [0.5, 0.6) is 0 Å². The molecule has 1 aromatic heterocycles. The molecule has 7 heteroatoms. The summed E-state index contributed by atoms with van der Waals surface area (Å²) in [6, 6.07) is 13.1. The number of carbonyl (C=O) groups is 2. The van der Waals surface area contributed by atoms with Gasteiger partial charge in [-0.15, -0.1) is 0 Å². The molecule has 0 aliphatic carbocycles. The number of halogens is 1. The van der Waals surface area contributed by atoms with Crippen molar-refractivity contribution in [2.24, 2.45) is 0 Å². The number of hydrogen-bond acceptors (Lipinski definition) is 3. The number of benzene rings is 2. The zero-order valence-electron chi connectivity index (χ0n) is 17.0. The zero-order chi connectivity index (χ0) is 21.1. The molecule has 30 heavy (non-hydrogen) atoms. The normalized spacial score (nSPS) is 14.6. The van der Waals surface area contributed by atoms with E-state index in [2.05, 4.69) is 31.1 Å². The van der Waals surface area contributed by atoms with Crippen molar-refractivity contribution in [3.63, 3.8) is 0 Å². The summed E-state index contributed by atoms with van der Waals surface area (Å²) in [7, 11) is 0. The molecule has 1 unspecified atom stereocenters. The number of amides is 2. The molecule has 1 aliphatic rings. The maximum atomic E-state index is 12.7. The predicted octanol–water partition coefficient (Wildman–Crippen LogP) is 4.73. The van der Waals surface area contributed by atoms with Crippen molar-refractivity contribution in [3.8, 4) is 0 Å². The molecule has 0 saturated heterocycles. The summed E-state index contributed by atoms with van der Waals surface area (Å²) in [6.45, 7) is 2.46. The highest BCUT2D eigenvalue weighted by Gasteiger charge is 2.18. The first-order valence-electron chi connectivity index (χ1n) is 10.3. The summed E-state index contributed by atoms with van der Waals surface area (Å²) in [4.78, 5) is 29.1. The average Bonchev–Trinajstić information content (AvgIpc) is 2.87. The molecule has 0 radical (unpaired) electrons. The van der Waals surface area contributed by atoms with Crippen LogP contribution in [0.15, 0.2) is 46.9 Å². The molecule has 0 fully saturated rings. The summed E-state index contributed by atoms with van der Waals surface area (Å²) in [5, 5.41) is 5.83. The second kappa shape index (κ2) is 9.00. The van der Waals surface area contributed by atoms with E-state index in [-0.39, 0.29) is 24.3 Å². The van der Waals surface area contributed by atoms with Gasteiger partial charge in [-0.2, -0.15) is 0 Å². The number of aromatic nitrogens is 2. The number of nitrogens with zero attached hydrogens (tertiary/aromatic N) is 2. The van der Waals surface area contributed by atoms with E-state index in [1.165, 1.54) is 26.2 Å². The molecule has 2 N–H and O–H groups in total. The van der Waals surface area contributed by atoms with Gasteiger partial charge in [-0.3, -0.25) is 9.59 Å². The van der Waals surface area contributed by atoms with Crippen molar-refractivity contribution in [1.29, 1.82) is 0 Å². The molecular formula is C23H25BrN4O2. The fourth-order valence-corrected chi connectivity index (χ4v) is 4.28. The lowest BCUT2D eigenvalue weighted by Crippen LogP contribution is -2.29. The molecule has 0 spiro atoms. The standard InChI is InChI=1S/C23H25BrN4O2/c1-15(29)25-19(16-6-8-17(24)9-7-16)14-23(30)26-18-10-11-21-20(13-18)27-22-5-3-2-4-12-28(21)22/h6-11,13,19H,2-5,12,14H2,1H3,(H,25,29)(H,26,30). The molecule has 1 aliphatic heterocycles. The van der Waals surface area contributed by atoms with E-state index < -0.39 is 0 Å². The van der Waals surface area contributed by atoms with E-state index in [1.807, 2.05) is 42.5 Å². The molecule has 0 bridgehead atoms. The topological polar surface area (TPSA) is 76.0 Å². The van der Waals surface area contributed by atoms with E-state index in [4.69, 9.17) is 4.98 Å².